The van der Waals surface area contributed by atoms with Crippen LogP contribution in [-0.2, 0) is 19.3 Å². The summed E-state index contributed by atoms with van der Waals surface area (Å²) in [5.41, 5.74) is 4.70. The van der Waals surface area contributed by atoms with Gasteiger partial charge in [-0.05, 0) is 18.4 Å². The van der Waals surface area contributed by atoms with E-state index >= 15 is 0 Å². The molecule has 0 atom stereocenters. The fourth-order valence-electron chi connectivity index (χ4n) is 2.33. The third-order valence-electron chi connectivity index (χ3n) is 3.24. The molecular weight excluding hydrogens is 232 g/mol. The number of hydrogen-bond acceptors (Lipinski definition) is 2. The van der Waals surface area contributed by atoms with Crippen LogP contribution >= 0.6 is 11.6 Å². The highest BCUT2D eigenvalue weighted by atomic mass is 35.5. The van der Waals surface area contributed by atoms with Gasteiger partial charge in [0.05, 0.1) is 5.69 Å². The maximum absolute atomic E-state index is 6.24. The molecule has 17 heavy (non-hydrogen) atoms. The van der Waals surface area contributed by atoms with E-state index in [2.05, 4.69) is 34.2 Å². The molecule has 0 fully saturated rings. The maximum atomic E-state index is 6.24. The second-order valence-corrected chi connectivity index (χ2v) is 4.63. The van der Waals surface area contributed by atoms with Gasteiger partial charge >= 0.3 is 0 Å². The second kappa shape index (κ2) is 4.11. The van der Waals surface area contributed by atoms with E-state index in [-0.39, 0.29) is 0 Å². The Morgan fingerprint density at radius 2 is 2.00 bits per heavy atom. The molecule has 0 spiro atoms. The summed E-state index contributed by atoms with van der Waals surface area (Å²) in [4.78, 5) is 8.97. The van der Waals surface area contributed by atoms with Crippen molar-refractivity contribution in [3.05, 3.63) is 46.4 Å². The monoisotopic (exact) mass is 244 g/mol. The molecule has 2 aromatic rings. The van der Waals surface area contributed by atoms with Crippen molar-refractivity contribution >= 4 is 11.6 Å². The van der Waals surface area contributed by atoms with Crippen LogP contribution in [0, 0.1) is 0 Å². The molecule has 0 amide bonds. The van der Waals surface area contributed by atoms with E-state index in [1.165, 1.54) is 11.1 Å². The SMILES string of the molecule is CCc1nc(Cl)c2c(n1)-c1ccccc1CC2. The fourth-order valence-corrected chi connectivity index (χ4v) is 2.61. The minimum absolute atomic E-state index is 0.626. The van der Waals surface area contributed by atoms with Crippen LogP contribution in [0.3, 0.4) is 0 Å². The topological polar surface area (TPSA) is 25.8 Å². The van der Waals surface area contributed by atoms with Gasteiger partial charge in [-0.3, -0.25) is 0 Å². The smallest absolute Gasteiger partial charge is 0.136 e. The van der Waals surface area contributed by atoms with Gasteiger partial charge in [0.15, 0.2) is 0 Å². The van der Waals surface area contributed by atoms with Gasteiger partial charge in [-0.15, -0.1) is 0 Å². The number of rotatable bonds is 1. The number of nitrogens with zero attached hydrogens (tertiary/aromatic N) is 2. The normalized spacial score (nSPS) is 13.1. The summed E-state index contributed by atoms with van der Waals surface area (Å²) in [5.74, 6) is 0.824. The zero-order chi connectivity index (χ0) is 11.8. The van der Waals surface area contributed by atoms with Crippen LogP contribution < -0.4 is 0 Å². The number of halogens is 1. The molecule has 2 nitrogen and oxygen atoms in total. The van der Waals surface area contributed by atoms with E-state index in [1.807, 2.05) is 6.92 Å². The second-order valence-electron chi connectivity index (χ2n) is 4.27. The Bertz CT molecular complexity index is 578. The Labute approximate surface area is 106 Å². The van der Waals surface area contributed by atoms with Crippen LogP contribution in [0.2, 0.25) is 5.15 Å². The van der Waals surface area contributed by atoms with Crippen LogP contribution in [0.1, 0.15) is 23.9 Å². The molecule has 1 aliphatic carbocycles. The third kappa shape index (κ3) is 1.73. The Balaban J connectivity index is 2.27. The standard InChI is InChI=1S/C14H13ClN2/c1-2-12-16-13-10-6-4-3-5-9(10)7-8-11(13)14(15)17-12/h3-6H,2,7-8H2,1H3. The summed E-state index contributed by atoms with van der Waals surface area (Å²) in [7, 11) is 0. The molecule has 0 saturated heterocycles. The van der Waals surface area contributed by atoms with E-state index in [0.717, 1.165) is 36.3 Å². The Morgan fingerprint density at radius 1 is 1.18 bits per heavy atom. The van der Waals surface area contributed by atoms with Crippen LogP contribution in [0.25, 0.3) is 11.3 Å². The van der Waals surface area contributed by atoms with Gasteiger partial charge in [0, 0.05) is 17.5 Å². The third-order valence-corrected chi connectivity index (χ3v) is 3.55. The Morgan fingerprint density at radius 3 is 2.82 bits per heavy atom. The van der Waals surface area contributed by atoms with Crippen molar-refractivity contribution in [1.82, 2.24) is 9.97 Å². The average Bonchev–Trinajstić information content (AvgIpc) is 2.38. The summed E-state index contributed by atoms with van der Waals surface area (Å²) < 4.78 is 0. The number of aryl methyl sites for hydroxylation is 2. The minimum Gasteiger partial charge on any atom is -0.233 e. The predicted octanol–water partition coefficient (Wildman–Crippen LogP) is 3.46. The molecule has 0 aliphatic heterocycles. The van der Waals surface area contributed by atoms with Crippen LogP contribution in [0.15, 0.2) is 24.3 Å². The van der Waals surface area contributed by atoms with Crippen molar-refractivity contribution in [3.8, 4) is 11.3 Å². The number of hydrogen-bond donors (Lipinski definition) is 0. The minimum atomic E-state index is 0.626. The lowest BCUT2D eigenvalue weighted by molar-refractivity contribution is 0.870. The predicted molar refractivity (Wildman–Crippen MR) is 69.3 cm³/mol. The molecule has 0 unspecified atom stereocenters. The highest BCUT2D eigenvalue weighted by Gasteiger charge is 2.20. The van der Waals surface area contributed by atoms with E-state index in [4.69, 9.17) is 11.6 Å². The van der Waals surface area contributed by atoms with E-state index in [1.54, 1.807) is 0 Å². The molecule has 0 bridgehead atoms. The van der Waals surface area contributed by atoms with Crippen molar-refractivity contribution in [2.45, 2.75) is 26.2 Å². The van der Waals surface area contributed by atoms with Crippen molar-refractivity contribution in [2.24, 2.45) is 0 Å². The lowest BCUT2D eigenvalue weighted by atomic mass is 9.90. The lowest BCUT2D eigenvalue weighted by Crippen LogP contribution is -2.09. The zero-order valence-electron chi connectivity index (χ0n) is 9.70. The van der Waals surface area contributed by atoms with Gasteiger partial charge in [-0.2, -0.15) is 0 Å². The van der Waals surface area contributed by atoms with E-state index < -0.39 is 0 Å². The van der Waals surface area contributed by atoms with Crippen molar-refractivity contribution in [2.75, 3.05) is 0 Å². The van der Waals surface area contributed by atoms with Crippen molar-refractivity contribution in [1.29, 1.82) is 0 Å². The first-order chi connectivity index (χ1) is 8.29. The number of fused-ring (bicyclic) bond motifs is 3. The van der Waals surface area contributed by atoms with E-state index in [9.17, 15) is 0 Å². The average molecular weight is 245 g/mol. The first kappa shape index (κ1) is 10.7. The van der Waals surface area contributed by atoms with E-state index in [0.29, 0.717) is 5.15 Å². The fraction of sp³-hybridized carbons (Fsp3) is 0.286. The van der Waals surface area contributed by atoms with Crippen LogP contribution in [0.4, 0.5) is 0 Å². The molecular formula is C14H13ClN2. The summed E-state index contributed by atoms with van der Waals surface area (Å²) >= 11 is 6.24. The van der Waals surface area contributed by atoms with Gasteiger partial charge in [0.2, 0.25) is 0 Å². The first-order valence-corrected chi connectivity index (χ1v) is 6.31. The molecule has 86 valence electrons. The summed E-state index contributed by atoms with van der Waals surface area (Å²) in [6.07, 6.45) is 2.78. The Kier molecular flexibility index (Phi) is 2.60. The van der Waals surface area contributed by atoms with Gasteiger partial charge < -0.3 is 0 Å². The largest absolute Gasteiger partial charge is 0.233 e. The molecule has 0 N–H and O–H groups in total. The van der Waals surface area contributed by atoms with Gasteiger partial charge in [-0.25, -0.2) is 9.97 Å². The van der Waals surface area contributed by atoms with Gasteiger partial charge in [0.1, 0.15) is 11.0 Å². The zero-order valence-corrected chi connectivity index (χ0v) is 10.5. The number of aromatic nitrogens is 2. The summed E-state index contributed by atoms with van der Waals surface area (Å²) in [5, 5.41) is 0.626. The Hall–Kier alpha value is -1.41. The van der Waals surface area contributed by atoms with Gasteiger partial charge in [-0.1, -0.05) is 42.8 Å². The molecule has 1 aromatic carbocycles. The molecule has 3 rings (SSSR count). The molecule has 1 aliphatic rings. The molecule has 1 heterocycles. The van der Waals surface area contributed by atoms with Gasteiger partial charge in [0.25, 0.3) is 0 Å². The summed E-state index contributed by atoms with van der Waals surface area (Å²) in [6, 6.07) is 8.42. The molecule has 1 aromatic heterocycles. The van der Waals surface area contributed by atoms with Crippen molar-refractivity contribution in [3.63, 3.8) is 0 Å². The molecule has 3 heteroatoms. The van der Waals surface area contributed by atoms with Crippen LogP contribution in [-0.4, -0.2) is 9.97 Å². The summed E-state index contributed by atoms with van der Waals surface area (Å²) in [6.45, 7) is 2.05. The first-order valence-electron chi connectivity index (χ1n) is 5.93. The quantitative estimate of drug-likeness (QED) is 0.718. The molecule has 0 saturated carbocycles. The number of benzene rings is 1. The maximum Gasteiger partial charge on any atom is 0.136 e. The highest BCUT2D eigenvalue weighted by Crippen LogP contribution is 2.34. The molecule has 0 radical (unpaired) electrons. The lowest BCUT2D eigenvalue weighted by Gasteiger charge is -2.19. The highest BCUT2D eigenvalue weighted by molar-refractivity contribution is 6.30. The van der Waals surface area contributed by atoms with Crippen LogP contribution in [0.5, 0.6) is 0 Å². The van der Waals surface area contributed by atoms with Crippen molar-refractivity contribution < 1.29 is 0 Å².